The molecular weight excluding hydrogens is 246 g/mol. The van der Waals surface area contributed by atoms with Crippen LogP contribution in [-0.2, 0) is 6.42 Å². The first-order valence-electron chi connectivity index (χ1n) is 8.21. The van der Waals surface area contributed by atoms with Gasteiger partial charge in [0.1, 0.15) is 5.75 Å². The van der Waals surface area contributed by atoms with Crippen molar-refractivity contribution in [1.29, 1.82) is 0 Å². The Balaban J connectivity index is 1.72. The summed E-state index contributed by atoms with van der Waals surface area (Å²) in [4.78, 5) is 0. The highest BCUT2D eigenvalue weighted by Crippen LogP contribution is 2.34. The molecule has 2 aliphatic rings. The molecule has 0 saturated heterocycles. The Morgan fingerprint density at radius 2 is 1.95 bits per heavy atom. The lowest BCUT2D eigenvalue weighted by Crippen LogP contribution is -2.36. The number of aryl methyl sites for hydroxylation is 1. The van der Waals surface area contributed by atoms with Crippen LogP contribution in [0.3, 0.4) is 0 Å². The molecule has 0 bridgehead atoms. The summed E-state index contributed by atoms with van der Waals surface area (Å²) in [5.41, 5.74) is 2.98. The number of fused-ring (bicyclic) bond motifs is 1. The van der Waals surface area contributed by atoms with Crippen molar-refractivity contribution >= 4 is 0 Å². The number of methoxy groups -OCH3 is 1. The normalized spacial score (nSPS) is 24.4. The van der Waals surface area contributed by atoms with E-state index in [9.17, 15) is 0 Å². The zero-order valence-electron chi connectivity index (χ0n) is 12.8. The first-order chi connectivity index (χ1) is 9.78. The predicted molar refractivity (Wildman–Crippen MR) is 83.2 cm³/mol. The first kappa shape index (κ1) is 13.9. The van der Waals surface area contributed by atoms with Gasteiger partial charge in [-0.1, -0.05) is 18.9 Å². The van der Waals surface area contributed by atoms with Gasteiger partial charge in [0.05, 0.1) is 7.11 Å². The minimum absolute atomic E-state index is 0.542. The Morgan fingerprint density at radius 1 is 1.15 bits per heavy atom. The van der Waals surface area contributed by atoms with Crippen LogP contribution in [0, 0.1) is 5.92 Å². The van der Waals surface area contributed by atoms with Crippen LogP contribution in [-0.4, -0.2) is 13.2 Å². The molecule has 0 amide bonds. The van der Waals surface area contributed by atoms with Crippen molar-refractivity contribution in [2.45, 2.75) is 64.0 Å². The van der Waals surface area contributed by atoms with Crippen molar-refractivity contribution in [1.82, 2.24) is 5.32 Å². The summed E-state index contributed by atoms with van der Waals surface area (Å²) in [6.07, 6.45) is 9.44. The van der Waals surface area contributed by atoms with Gasteiger partial charge in [-0.15, -0.1) is 0 Å². The highest BCUT2D eigenvalue weighted by atomic mass is 16.5. The second kappa shape index (κ2) is 6.17. The fraction of sp³-hybridized carbons (Fsp3) is 0.667. The smallest absolute Gasteiger partial charge is 0.119 e. The van der Waals surface area contributed by atoms with Gasteiger partial charge in [0, 0.05) is 12.1 Å². The van der Waals surface area contributed by atoms with Gasteiger partial charge in [-0.25, -0.2) is 0 Å². The standard InChI is InChI=1S/C18H27NO/c1-13(14-6-3-4-7-14)19-18-9-5-8-15-12-16(20-2)10-11-17(15)18/h10-14,18-19H,3-9H2,1-2H3/t13-,18?/m0/s1. The average Bonchev–Trinajstić information content (AvgIpc) is 3.01. The van der Waals surface area contributed by atoms with Gasteiger partial charge in [0.2, 0.25) is 0 Å². The van der Waals surface area contributed by atoms with Crippen LogP contribution in [0.25, 0.3) is 0 Å². The third-order valence-corrected chi connectivity index (χ3v) is 5.24. The highest BCUT2D eigenvalue weighted by molar-refractivity contribution is 5.39. The summed E-state index contributed by atoms with van der Waals surface area (Å²) >= 11 is 0. The number of hydrogen-bond donors (Lipinski definition) is 1. The van der Waals surface area contributed by atoms with E-state index >= 15 is 0 Å². The zero-order chi connectivity index (χ0) is 13.9. The van der Waals surface area contributed by atoms with E-state index < -0.39 is 0 Å². The Hall–Kier alpha value is -1.02. The summed E-state index contributed by atoms with van der Waals surface area (Å²) in [5.74, 6) is 1.88. The van der Waals surface area contributed by atoms with Crippen LogP contribution >= 0.6 is 0 Å². The van der Waals surface area contributed by atoms with Crippen LogP contribution in [0.5, 0.6) is 5.75 Å². The van der Waals surface area contributed by atoms with Crippen molar-refractivity contribution in [2.75, 3.05) is 7.11 Å². The topological polar surface area (TPSA) is 21.3 Å². The average molecular weight is 273 g/mol. The van der Waals surface area contributed by atoms with Gasteiger partial charge >= 0.3 is 0 Å². The molecule has 1 unspecified atom stereocenters. The number of hydrogen-bond acceptors (Lipinski definition) is 2. The maximum absolute atomic E-state index is 5.36. The number of ether oxygens (including phenoxy) is 1. The molecule has 0 aliphatic heterocycles. The van der Waals surface area contributed by atoms with Crippen LogP contribution in [0.2, 0.25) is 0 Å². The molecule has 1 aromatic rings. The van der Waals surface area contributed by atoms with Gasteiger partial charge in [-0.05, 0) is 68.2 Å². The molecule has 1 N–H and O–H groups in total. The lowest BCUT2D eigenvalue weighted by molar-refractivity contribution is 0.324. The maximum atomic E-state index is 5.36. The van der Waals surface area contributed by atoms with Crippen molar-refractivity contribution in [2.24, 2.45) is 5.92 Å². The quantitative estimate of drug-likeness (QED) is 0.886. The largest absolute Gasteiger partial charge is 0.497 e. The number of rotatable bonds is 4. The molecule has 3 rings (SSSR count). The zero-order valence-corrected chi connectivity index (χ0v) is 12.8. The summed E-state index contributed by atoms with van der Waals surface area (Å²) in [7, 11) is 1.75. The third-order valence-electron chi connectivity index (χ3n) is 5.24. The fourth-order valence-corrected chi connectivity index (χ4v) is 4.00. The molecule has 0 radical (unpaired) electrons. The van der Waals surface area contributed by atoms with Gasteiger partial charge in [-0.2, -0.15) is 0 Å². The molecule has 1 fully saturated rings. The van der Waals surface area contributed by atoms with E-state index in [1.54, 1.807) is 7.11 Å². The van der Waals surface area contributed by atoms with Crippen LogP contribution in [0.1, 0.15) is 62.6 Å². The summed E-state index contributed by atoms with van der Waals surface area (Å²) in [6.45, 7) is 2.38. The van der Waals surface area contributed by atoms with Crippen molar-refractivity contribution < 1.29 is 4.74 Å². The highest BCUT2D eigenvalue weighted by Gasteiger charge is 2.26. The van der Waals surface area contributed by atoms with E-state index in [0.29, 0.717) is 12.1 Å². The molecule has 2 aliphatic carbocycles. The number of nitrogens with one attached hydrogen (secondary N) is 1. The molecule has 0 aromatic heterocycles. The Labute approximate surface area is 122 Å². The molecule has 2 atom stereocenters. The fourth-order valence-electron chi connectivity index (χ4n) is 4.00. The third kappa shape index (κ3) is 2.85. The second-order valence-electron chi connectivity index (χ2n) is 6.51. The molecule has 1 aromatic carbocycles. The lowest BCUT2D eigenvalue weighted by atomic mass is 9.86. The van der Waals surface area contributed by atoms with Crippen LogP contribution in [0.4, 0.5) is 0 Å². The van der Waals surface area contributed by atoms with E-state index in [2.05, 4.69) is 30.4 Å². The molecule has 2 heteroatoms. The summed E-state index contributed by atoms with van der Waals surface area (Å²) < 4.78 is 5.36. The van der Waals surface area contributed by atoms with Gasteiger partial charge in [0.15, 0.2) is 0 Å². The van der Waals surface area contributed by atoms with E-state index in [0.717, 1.165) is 11.7 Å². The van der Waals surface area contributed by atoms with Crippen LogP contribution in [0.15, 0.2) is 18.2 Å². The molecule has 20 heavy (non-hydrogen) atoms. The van der Waals surface area contributed by atoms with Gasteiger partial charge in [0.25, 0.3) is 0 Å². The number of benzene rings is 1. The van der Waals surface area contributed by atoms with E-state index in [-0.39, 0.29) is 0 Å². The monoisotopic (exact) mass is 273 g/mol. The molecule has 0 heterocycles. The Kier molecular flexibility index (Phi) is 4.30. The molecule has 1 saturated carbocycles. The lowest BCUT2D eigenvalue weighted by Gasteiger charge is -2.31. The minimum Gasteiger partial charge on any atom is -0.497 e. The molecule has 2 nitrogen and oxygen atoms in total. The van der Waals surface area contributed by atoms with Gasteiger partial charge < -0.3 is 10.1 Å². The predicted octanol–water partition coefficient (Wildman–Crippen LogP) is 4.24. The van der Waals surface area contributed by atoms with E-state index in [1.807, 2.05) is 0 Å². The molecular formula is C18H27NO. The Morgan fingerprint density at radius 3 is 2.70 bits per heavy atom. The van der Waals surface area contributed by atoms with E-state index in [4.69, 9.17) is 4.74 Å². The van der Waals surface area contributed by atoms with Crippen LogP contribution < -0.4 is 10.1 Å². The Bertz CT molecular complexity index is 451. The van der Waals surface area contributed by atoms with Crippen molar-refractivity contribution in [3.05, 3.63) is 29.3 Å². The molecule has 0 spiro atoms. The van der Waals surface area contributed by atoms with Crippen molar-refractivity contribution in [3.8, 4) is 5.75 Å². The second-order valence-corrected chi connectivity index (χ2v) is 6.51. The maximum Gasteiger partial charge on any atom is 0.119 e. The SMILES string of the molecule is COc1ccc2c(c1)CCCC2N[C@@H](C)C1CCCC1. The summed E-state index contributed by atoms with van der Waals surface area (Å²) in [6, 6.07) is 7.80. The summed E-state index contributed by atoms with van der Waals surface area (Å²) in [5, 5.41) is 3.91. The van der Waals surface area contributed by atoms with Gasteiger partial charge in [-0.3, -0.25) is 0 Å². The van der Waals surface area contributed by atoms with Crippen molar-refractivity contribution in [3.63, 3.8) is 0 Å². The first-order valence-corrected chi connectivity index (χ1v) is 8.21. The van der Waals surface area contributed by atoms with E-state index in [1.165, 1.54) is 56.1 Å². The minimum atomic E-state index is 0.542. The molecule has 110 valence electrons.